The Hall–Kier alpha value is -3.34. The van der Waals surface area contributed by atoms with Crippen LogP contribution in [0.3, 0.4) is 0 Å². The number of thioether (sulfide) groups is 1. The number of aromatic nitrogens is 4. The van der Waals surface area contributed by atoms with Crippen LogP contribution in [0.15, 0.2) is 62.7 Å². The van der Waals surface area contributed by atoms with Crippen LogP contribution in [0.2, 0.25) is 0 Å². The van der Waals surface area contributed by atoms with E-state index in [1.807, 2.05) is 24.3 Å². The molecule has 11 heteroatoms. The first kappa shape index (κ1) is 22.8. The Bertz CT molecular complexity index is 1200. The molecule has 2 aromatic heterocycles. The molecule has 0 aliphatic carbocycles. The fourth-order valence-electron chi connectivity index (χ4n) is 3.18. The van der Waals surface area contributed by atoms with Gasteiger partial charge in [-0.25, -0.2) is 0 Å². The third kappa shape index (κ3) is 5.36. The number of hydrogen-bond donors (Lipinski definition) is 0. The van der Waals surface area contributed by atoms with Crippen molar-refractivity contribution in [2.24, 2.45) is 0 Å². The molecule has 0 N–H and O–H groups in total. The first-order valence-corrected chi connectivity index (χ1v) is 11.2. The number of alkyl halides is 3. The average Bonchev–Trinajstić information content (AvgIpc) is 3.48. The normalized spacial score (nSPS) is 11.7. The lowest BCUT2D eigenvalue weighted by molar-refractivity contribution is -0.137. The topological polar surface area (TPSA) is 81.1 Å². The Morgan fingerprint density at radius 1 is 0.970 bits per heavy atom. The third-order valence-corrected chi connectivity index (χ3v) is 5.69. The SMILES string of the molecule is CCN(CC)c1ccc(-c2nnc(SCc3nc(-c4cccc(C(F)(F)F)c4)no3)o2)cc1. The lowest BCUT2D eigenvalue weighted by Gasteiger charge is -2.20. The summed E-state index contributed by atoms with van der Waals surface area (Å²) in [5.41, 5.74) is 1.36. The predicted molar refractivity (Wildman–Crippen MR) is 118 cm³/mol. The fourth-order valence-corrected chi connectivity index (χ4v) is 3.78. The molecule has 0 bridgehead atoms. The highest BCUT2D eigenvalue weighted by Gasteiger charge is 2.30. The van der Waals surface area contributed by atoms with Gasteiger partial charge in [0, 0.05) is 29.9 Å². The van der Waals surface area contributed by atoms with E-state index in [-0.39, 0.29) is 23.0 Å². The second kappa shape index (κ2) is 9.65. The Kier molecular flexibility index (Phi) is 6.68. The van der Waals surface area contributed by atoms with E-state index in [9.17, 15) is 13.2 Å². The maximum Gasteiger partial charge on any atom is 0.416 e. The molecule has 7 nitrogen and oxygen atoms in total. The molecule has 172 valence electrons. The van der Waals surface area contributed by atoms with E-state index in [0.717, 1.165) is 36.5 Å². The van der Waals surface area contributed by atoms with E-state index in [1.54, 1.807) is 0 Å². The highest BCUT2D eigenvalue weighted by molar-refractivity contribution is 7.98. The summed E-state index contributed by atoms with van der Waals surface area (Å²) in [6.07, 6.45) is -4.44. The smallest absolute Gasteiger partial charge is 0.411 e. The fraction of sp³-hybridized carbons (Fsp3) is 0.273. The first-order chi connectivity index (χ1) is 15.9. The monoisotopic (exact) mass is 475 g/mol. The van der Waals surface area contributed by atoms with Gasteiger partial charge in [0.1, 0.15) is 0 Å². The van der Waals surface area contributed by atoms with Gasteiger partial charge in [0.15, 0.2) is 0 Å². The molecule has 0 atom stereocenters. The molecule has 0 saturated heterocycles. The Labute approximate surface area is 192 Å². The average molecular weight is 475 g/mol. The van der Waals surface area contributed by atoms with Crippen LogP contribution >= 0.6 is 11.8 Å². The van der Waals surface area contributed by atoms with Gasteiger partial charge in [-0.3, -0.25) is 0 Å². The molecule has 4 aromatic rings. The van der Waals surface area contributed by atoms with Crippen molar-refractivity contribution in [3.05, 3.63) is 60.0 Å². The van der Waals surface area contributed by atoms with Crippen LogP contribution in [0.4, 0.5) is 18.9 Å². The van der Waals surface area contributed by atoms with Gasteiger partial charge in [-0.2, -0.15) is 18.2 Å². The molecule has 0 radical (unpaired) electrons. The van der Waals surface area contributed by atoms with E-state index in [2.05, 4.69) is 39.1 Å². The third-order valence-electron chi connectivity index (χ3n) is 4.88. The number of benzene rings is 2. The Morgan fingerprint density at radius 3 is 2.42 bits per heavy atom. The van der Waals surface area contributed by atoms with Crippen LogP contribution in [0.5, 0.6) is 0 Å². The molecule has 0 spiro atoms. The van der Waals surface area contributed by atoms with Crippen LogP contribution in [-0.4, -0.2) is 33.4 Å². The summed E-state index contributed by atoms with van der Waals surface area (Å²) in [7, 11) is 0. The van der Waals surface area contributed by atoms with Gasteiger partial charge in [-0.15, -0.1) is 10.2 Å². The minimum atomic E-state index is -4.44. The van der Waals surface area contributed by atoms with Crippen LogP contribution in [0.25, 0.3) is 22.8 Å². The predicted octanol–water partition coefficient (Wildman–Crippen LogP) is 5.94. The molecule has 0 unspecified atom stereocenters. The second-order valence-electron chi connectivity index (χ2n) is 6.97. The van der Waals surface area contributed by atoms with Gasteiger partial charge >= 0.3 is 6.18 Å². The lowest BCUT2D eigenvalue weighted by Crippen LogP contribution is -2.21. The zero-order chi connectivity index (χ0) is 23.4. The highest BCUT2D eigenvalue weighted by Crippen LogP contribution is 2.32. The Morgan fingerprint density at radius 2 is 1.73 bits per heavy atom. The standard InChI is InChI=1S/C22H20F3N5O2S/c1-3-30(4-2)17-10-8-14(9-11-17)20-27-28-21(31-20)33-13-18-26-19(29-32-18)15-6-5-7-16(12-15)22(23,24)25/h5-12H,3-4,13H2,1-2H3. The molecular formula is C22H20F3N5O2S. The van der Waals surface area contributed by atoms with Crippen molar-refractivity contribution >= 4 is 17.4 Å². The zero-order valence-corrected chi connectivity index (χ0v) is 18.7. The summed E-state index contributed by atoms with van der Waals surface area (Å²) in [6, 6.07) is 12.6. The van der Waals surface area contributed by atoms with Crippen LogP contribution in [-0.2, 0) is 11.9 Å². The maximum absolute atomic E-state index is 12.9. The first-order valence-electron chi connectivity index (χ1n) is 10.2. The lowest BCUT2D eigenvalue weighted by atomic mass is 10.1. The molecule has 0 fully saturated rings. The Balaban J connectivity index is 1.40. The van der Waals surface area contributed by atoms with Crippen LogP contribution in [0.1, 0.15) is 25.3 Å². The van der Waals surface area contributed by atoms with Crippen LogP contribution in [0, 0.1) is 0 Å². The number of halogens is 3. The molecular weight excluding hydrogens is 455 g/mol. The molecule has 2 heterocycles. The summed E-state index contributed by atoms with van der Waals surface area (Å²) < 4.78 is 49.6. The van der Waals surface area contributed by atoms with Crippen molar-refractivity contribution in [1.82, 2.24) is 20.3 Å². The minimum Gasteiger partial charge on any atom is -0.411 e. The van der Waals surface area contributed by atoms with Crippen LogP contribution < -0.4 is 4.90 Å². The zero-order valence-electron chi connectivity index (χ0n) is 17.8. The van der Waals surface area contributed by atoms with E-state index < -0.39 is 11.7 Å². The molecule has 33 heavy (non-hydrogen) atoms. The minimum absolute atomic E-state index is 0.0798. The van der Waals surface area contributed by atoms with Gasteiger partial charge in [-0.05, 0) is 50.2 Å². The van der Waals surface area contributed by atoms with Crippen molar-refractivity contribution in [3.8, 4) is 22.8 Å². The molecule has 2 aromatic carbocycles. The highest BCUT2D eigenvalue weighted by atomic mass is 32.2. The number of nitrogens with zero attached hydrogens (tertiary/aromatic N) is 5. The van der Waals surface area contributed by atoms with Crippen molar-refractivity contribution in [3.63, 3.8) is 0 Å². The van der Waals surface area contributed by atoms with E-state index in [0.29, 0.717) is 11.1 Å². The number of hydrogen-bond acceptors (Lipinski definition) is 8. The maximum atomic E-state index is 12.9. The number of rotatable bonds is 8. The second-order valence-corrected chi connectivity index (χ2v) is 7.90. The molecule has 0 aliphatic heterocycles. The number of anilines is 1. The quantitative estimate of drug-likeness (QED) is 0.290. The van der Waals surface area contributed by atoms with Gasteiger partial charge in [0.2, 0.25) is 17.6 Å². The summed E-state index contributed by atoms with van der Waals surface area (Å²) in [5, 5.41) is 12.2. The molecule has 0 saturated carbocycles. The van der Waals surface area contributed by atoms with Crippen molar-refractivity contribution in [1.29, 1.82) is 0 Å². The molecule has 4 rings (SSSR count). The van der Waals surface area contributed by atoms with Crippen molar-refractivity contribution in [2.75, 3.05) is 18.0 Å². The van der Waals surface area contributed by atoms with Gasteiger partial charge < -0.3 is 13.8 Å². The van der Waals surface area contributed by atoms with E-state index in [1.165, 1.54) is 23.9 Å². The van der Waals surface area contributed by atoms with E-state index in [4.69, 9.17) is 8.94 Å². The van der Waals surface area contributed by atoms with Gasteiger partial charge in [0.25, 0.3) is 5.22 Å². The van der Waals surface area contributed by atoms with Gasteiger partial charge in [0.05, 0.1) is 11.3 Å². The van der Waals surface area contributed by atoms with Crippen molar-refractivity contribution in [2.45, 2.75) is 31.0 Å². The summed E-state index contributed by atoms with van der Waals surface area (Å²) in [5.74, 6) is 0.930. The van der Waals surface area contributed by atoms with Crippen molar-refractivity contribution < 1.29 is 22.1 Å². The molecule has 0 aliphatic rings. The summed E-state index contributed by atoms with van der Waals surface area (Å²) >= 11 is 1.20. The summed E-state index contributed by atoms with van der Waals surface area (Å²) in [6.45, 7) is 6.04. The van der Waals surface area contributed by atoms with Gasteiger partial charge in [-0.1, -0.05) is 29.1 Å². The summed E-state index contributed by atoms with van der Waals surface area (Å²) in [4.78, 5) is 6.40. The molecule has 0 amide bonds. The van der Waals surface area contributed by atoms with E-state index >= 15 is 0 Å². The largest absolute Gasteiger partial charge is 0.416 e.